The molecule has 2 aromatic carbocycles. The number of rotatable bonds is 20. The van der Waals surface area contributed by atoms with Gasteiger partial charge in [0.15, 0.2) is 20.0 Å². The maximum absolute atomic E-state index is 13.3. The molecule has 6 aromatic heterocycles. The summed E-state index contributed by atoms with van der Waals surface area (Å²) in [6, 6.07) is 31.8. The third kappa shape index (κ3) is 13.5. The van der Waals surface area contributed by atoms with Gasteiger partial charge in [-0.2, -0.15) is 10.2 Å². The fourth-order valence-corrected chi connectivity index (χ4v) is 12.0. The Bertz CT molecular complexity index is 3470. The number of hydrogen-bond donors (Lipinski definition) is 3. The zero-order valence-corrected chi connectivity index (χ0v) is 50.6. The van der Waals surface area contributed by atoms with Crippen molar-refractivity contribution in [1.29, 1.82) is 0 Å². The Balaban J connectivity index is 0.000000205. The average molecular weight is 1140 g/mol. The number of benzene rings is 2. The second-order valence-electron chi connectivity index (χ2n) is 23.7. The van der Waals surface area contributed by atoms with Gasteiger partial charge in [-0.3, -0.25) is 9.97 Å². The molecule has 8 aromatic rings. The molecule has 0 spiro atoms. The Labute approximate surface area is 480 Å². The summed E-state index contributed by atoms with van der Waals surface area (Å²) in [7, 11) is 0.145. The van der Waals surface area contributed by atoms with Gasteiger partial charge in [0.1, 0.15) is 24.7 Å². The highest BCUT2D eigenvalue weighted by atomic mass is 32.2. The molecule has 4 N–H and O–H groups in total. The molecule has 1 atom stereocenters. The minimum absolute atomic E-state index is 0.112. The van der Waals surface area contributed by atoms with Crippen molar-refractivity contribution >= 4 is 41.1 Å². The zero-order chi connectivity index (χ0) is 57.6. The molecule has 0 aliphatic heterocycles. The van der Waals surface area contributed by atoms with E-state index in [1.165, 1.54) is 0 Å². The lowest BCUT2D eigenvalue weighted by molar-refractivity contribution is 0.147. The van der Waals surface area contributed by atoms with E-state index < -0.39 is 24.8 Å². The molecule has 2 fully saturated rings. The molecule has 2 aliphatic carbocycles. The first-order valence-electron chi connectivity index (χ1n) is 28.1. The van der Waals surface area contributed by atoms with Crippen LogP contribution in [0.15, 0.2) is 109 Å². The highest BCUT2D eigenvalue weighted by Gasteiger charge is 2.41. The molecule has 2 aliphatic rings. The molecule has 17 nitrogen and oxygen atoms in total. The van der Waals surface area contributed by atoms with Crippen molar-refractivity contribution in [2.75, 3.05) is 40.6 Å². The van der Waals surface area contributed by atoms with Gasteiger partial charge in [0, 0.05) is 25.3 Å². The van der Waals surface area contributed by atoms with E-state index in [0.717, 1.165) is 113 Å². The topological polar surface area (TPSA) is 209 Å². The standard InChI is InChI=1S/C36H51N5O4SSi.C26H29N5O3/c1-34(2,3)46(42)40-36(18-10-11-19-36)32-16-13-15-29(39-32)26-22-30-28(31(23-26)44-21-20-43-7)24-37-41(30)33-17-12-14-27(38-33)25-45-47(8,9)35(4,5)6;1-33-12-13-34-23-15-18(21-7-5-8-24(30-21)26(27)10-2-3-11-26)14-22-20(23)16-28-31(22)25-9-4-6-19(17-32)29-25/h12-17,22-24,40H,10-11,18-21,25H2,1-9H3;4-9,14-16,32H,2-3,10-13,17,27H2,1H3. The van der Waals surface area contributed by atoms with Crippen LogP contribution in [0.5, 0.6) is 11.5 Å². The van der Waals surface area contributed by atoms with E-state index >= 15 is 0 Å². The second kappa shape index (κ2) is 25.1. The van der Waals surface area contributed by atoms with Gasteiger partial charge in [-0.25, -0.2) is 28.3 Å². The number of nitrogens with one attached hydrogen (secondary N) is 1. The molecule has 6 heterocycles. The van der Waals surface area contributed by atoms with Crippen molar-refractivity contribution in [1.82, 2.24) is 44.2 Å². The highest BCUT2D eigenvalue weighted by Crippen LogP contribution is 2.42. The van der Waals surface area contributed by atoms with Crippen LogP contribution in [-0.2, 0) is 49.2 Å². The maximum atomic E-state index is 13.3. The molecular weight excluding hydrogens is 1060 g/mol. The molecule has 430 valence electrons. The number of fused-ring (bicyclic) bond motifs is 2. The van der Waals surface area contributed by atoms with Crippen LogP contribution in [0.1, 0.15) is 116 Å². The summed E-state index contributed by atoms with van der Waals surface area (Å²) in [6.07, 6.45) is 11.7. The largest absolute Gasteiger partial charge is 0.490 e. The summed E-state index contributed by atoms with van der Waals surface area (Å²) < 4.78 is 49.3. The van der Waals surface area contributed by atoms with Crippen molar-refractivity contribution in [3.63, 3.8) is 0 Å². The zero-order valence-electron chi connectivity index (χ0n) is 48.8. The third-order valence-corrected chi connectivity index (χ3v) is 22.0. The van der Waals surface area contributed by atoms with E-state index in [1.54, 1.807) is 31.2 Å². The summed E-state index contributed by atoms with van der Waals surface area (Å²) in [6.45, 7) is 19.3. The quantitative estimate of drug-likeness (QED) is 0.0479. The minimum Gasteiger partial charge on any atom is -0.490 e. The number of aromatic nitrogens is 8. The number of nitrogens with zero attached hydrogens (tertiary/aromatic N) is 8. The van der Waals surface area contributed by atoms with Crippen LogP contribution in [0.25, 0.3) is 56.0 Å². The Morgan fingerprint density at radius 2 is 1.12 bits per heavy atom. The van der Waals surface area contributed by atoms with Crippen LogP contribution < -0.4 is 19.9 Å². The Hall–Kier alpha value is -6.29. The highest BCUT2D eigenvalue weighted by molar-refractivity contribution is 7.84. The van der Waals surface area contributed by atoms with E-state index in [9.17, 15) is 9.32 Å². The molecule has 10 rings (SSSR count). The van der Waals surface area contributed by atoms with Gasteiger partial charge < -0.3 is 34.2 Å². The van der Waals surface area contributed by atoms with Crippen LogP contribution in [-0.4, -0.2) is 103 Å². The normalized spacial score (nSPS) is 15.7. The lowest BCUT2D eigenvalue weighted by atomic mass is 9.93. The van der Waals surface area contributed by atoms with Gasteiger partial charge in [0.25, 0.3) is 0 Å². The predicted octanol–water partition coefficient (Wildman–Crippen LogP) is 11.6. The summed E-state index contributed by atoms with van der Waals surface area (Å²) >= 11 is 0. The van der Waals surface area contributed by atoms with Crippen molar-refractivity contribution in [3.8, 4) is 45.6 Å². The number of hydrogen-bond acceptors (Lipinski definition) is 14. The van der Waals surface area contributed by atoms with Gasteiger partial charge in [0.05, 0.1) is 122 Å². The number of aliphatic hydroxyl groups excluding tert-OH is 1. The molecule has 0 amide bonds. The molecule has 19 heteroatoms. The van der Waals surface area contributed by atoms with Crippen molar-refractivity contribution in [3.05, 3.63) is 132 Å². The predicted molar refractivity (Wildman–Crippen MR) is 322 cm³/mol. The molecule has 2 saturated carbocycles. The number of nitrogens with two attached hydrogens (primary N) is 1. The number of methoxy groups -OCH3 is 2. The summed E-state index contributed by atoms with van der Waals surface area (Å²) in [5.41, 5.74) is 14.3. The third-order valence-electron chi connectivity index (χ3n) is 15.8. The molecular formula is C62H80N10O7SSi. The lowest BCUT2D eigenvalue weighted by Gasteiger charge is -2.36. The van der Waals surface area contributed by atoms with Crippen LogP contribution in [0, 0.1) is 0 Å². The Morgan fingerprint density at radius 3 is 1.63 bits per heavy atom. The van der Waals surface area contributed by atoms with Crippen LogP contribution in [0.3, 0.4) is 0 Å². The smallest absolute Gasteiger partial charge is 0.192 e. The van der Waals surface area contributed by atoms with Gasteiger partial charge in [-0.1, -0.05) is 70.7 Å². The molecule has 0 bridgehead atoms. The SMILES string of the molecule is COCCOc1cc(-c2cccc(C3(N)CCCC3)n2)cc2c1cnn2-c1cccc(CO)n1.COCCOc1cc(-c2cccc(C3(NS(=O)C(C)(C)C)CCCC3)n2)cc2c1cnn2-c1cccc(CO[Si](C)(C)C(C)(C)C)n1. The number of pyridine rings is 4. The van der Waals surface area contributed by atoms with Gasteiger partial charge in [-0.05, 0) is 137 Å². The van der Waals surface area contributed by atoms with Crippen molar-refractivity contribution in [2.24, 2.45) is 5.73 Å². The van der Waals surface area contributed by atoms with Crippen molar-refractivity contribution < 1.29 is 32.7 Å². The van der Waals surface area contributed by atoms with E-state index in [-0.39, 0.29) is 21.9 Å². The van der Waals surface area contributed by atoms with Crippen LogP contribution >= 0.6 is 0 Å². The first-order valence-corrected chi connectivity index (χ1v) is 32.2. The van der Waals surface area contributed by atoms with Crippen LogP contribution in [0.2, 0.25) is 18.1 Å². The van der Waals surface area contributed by atoms with E-state index in [0.29, 0.717) is 61.9 Å². The Morgan fingerprint density at radius 1 is 0.642 bits per heavy atom. The molecule has 0 radical (unpaired) electrons. The van der Waals surface area contributed by atoms with Crippen molar-refractivity contribution in [2.45, 2.75) is 140 Å². The van der Waals surface area contributed by atoms with E-state index in [1.807, 2.05) is 111 Å². The lowest BCUT2D eigenvalue weighted by Crippen LogP contribution is -2.46. The van der Waals surface area contributed by atoms with E-state index in [2.05, 4.69) is 60.8 Å². The first-order chi connectivity index (χ1) is 38.7. The second-order valence-corrected chi connectivity index (χ2v) is 30.5. The van der Waals surface area contributed by atoms with Gasteiger partial charge >= 0.3 is 0 Å². The van der Waals surface area contributed by atoms with E-state index in [4.69, 9.17) is 49.2 Å². The number of aliphatic hydroxyl groups is 1. The summed E-state index contributed by atoms with van der Waals surface area (Å²) in [4.78, 5) is 19.7. The van der Waals surface area contributed by atoms with Gasteiger partial charge in [0.2, 0.25) is 0 Å². The maximum Gasteiger partial charge on any atom is 0.192 e. The number of ether oxygens (including phenoxy) is 4. The first kappa shape index (κ1) is 59.3. The molecule has 1 unspecified atom stereocenters. The average Bonchev–Trinajstić information content (AvgIpc) is 4.35. The molecule has 81 heavy (non-hydrogen) atoms. The fraction of sp³-hybridized carbons (Fsp3) is 0.452. The molecule has 0 saturated heterocycles. The summed E-state index contributed by atoms with van der Waals surface area (Å²) in [5, 5.41) is 20.7. The fourth-order valence-electron chi connectivity index (χ4n) is 10.1. The Kier molecular flexibility index (Phi) is 18.4. The minimum atomic E-state index is -1.94. The monoisotopic (exact) mass is 1140 g/mol. The van der Waals surface area contributed by atoms with Gasteiger partial charge in [-0.15, -0.1) is 0 Å². The van der Waals surface area contributed by atoms with Crippen LogP contribution in [0.4, 0.5) is 0 Å². The summed E-state index contributed by atoms with van der Waals surface area (Å²) in [5.74, 6) is 2.73.